The van der Waals surface area contributed by atoms with Gasteiger partial charge in [-0.15, -0.1) is 0 Å². The average Bonchev–Trinajstić information content (AvgIpc) is 3.24. The fourth-order valence-electron chi connectivity index (χ4n) is 4.24. The second-order valence-corrected chi connectivity index (χ2v) is 9.01. The summed E-state index contributed by atoms with van der Waals surface area (Å²) >= 11 is 3.49. The molecule has 1 fully saturated rings. The molecular formula is C27H22BrN3O2. The third-order valence-electron chi connectivity index (χ3n) is 5.97. The van der Waals surface area contributed by atoms with Gasteiger partial charge in [-0.3, -0.25) is 9.69 Å². The maximum atomic E-state index is 13.1. The van der Waals surface area contributed by atoms with Crippen molar-refractivity contribution in [2.75, 3.05) is 0 Å². The Hall–Kier alpha value is -3.64. The lowest BCUT2D eigenvalue weighted by Gasteiger charge is -2.11. The summed E-state index contributed by atoms with van der Waals surface area (Å²) in [7, 11) is 0. The van der Waals surface area contributed by atoms with Gasteiger partial charge < -0.3 is 9.88 Å². The zero-order chi connectivity index (χ0) is 22.9. The van der Waals surface area contributed by atoms with Crippen LogP contribution in [0.4, 0.5) is 4.79 Å². The van der Waals surface area contributed by atoms with Crippen LogP contribution < -0.4 is 5.32 Å². The van der Waals surface area contributed by atoms with Gasteiger partial charge in [0.05, 0.1) is 6.54 Å². The molecule has 5 rings (SSSR count). The number of amides is 3. The molecule has 1 aliphatic heterocycles. The zero-order valence-electron chi connectivity index (χ0n) is 18.1. The molecule has 5 nitrogen and oxygen atoms in total. The number of rotatable bonds is 5. The molecule has 1 aliphatic rings. The Morgan fingerprint density at radius 2 is 1.52 bits per heavy atom. The fourth-order valence-corrected chi connectivity index (χ4v) is 4.51. The molecule has 3 aromatic carbocycles. The van der Waals surface area contributed by atoms with Crippen molar-refractivity contribution in [2.24, 2.45) is 0 Å². The molecule has 0 aliphatic carbocycles. The highest BCUT2D eigenvalue weighted by Gasteiger charge is 2.33. The van der Waals surface area contributed by atoms with Crippen LogP contribution in [0.15, 0.2) is 89.0 Å². The van der Waals surface area contributed by atoms with Crippen LogP contribution >= 0.6 is 15.9 Å². The number of halogens is 1. The molecule has 4 aromatic rings. The Balaban J connectivity index is 1.51. The molecule has 2 heterocycles. The van der Waals surface area contributed by atoms with Crippen LogP contribution in [0.25, 0.3) is 17.0 Å². The van der Waals surface area contributed by atoms with Gasteiger partial charge in [0.15, 0.2) is 0 Å². The third-order valence-corrected chi connectivity index (χ3v) is 6.50. The number of para-hydroxylation sites is 1. The van der Waals surface area contributed by atoms with Gasteiger partial charge in [-0.2, -0.15) is 0 Å². The van der Waals surface area contributed by atoms with Crippen molar-refractivity contribution in [1.82, 2.24) is 14.8 Å². The normalized spacial score (nSPS) is 15.0. The van der Waals surface area contributed by atoms with Crippen molar-refractivity contribution in [3.05, 3.63) is 111 Å². The van der Waals surface area contributed by atoms with Crippen LogP contribution in [0.5, 0.6) is 0 Å². The van der Waals surface area contributed by atoms with Gasteiger partial charge in [0.25, 0.3) is 5.91 Å². The number of hydrogen-bond donors (Lipinski definition) is 1. The lowest BCUT2D eigenvalue weighted by atomic mass is 10.1. The molecule has 0 bridgehead atoms. The first kappa shape index (κ1) is 21.2. The number of benzene rings is 3. The molecular weight excluding hydrogens is 478 g/mol. The second-order valence-electron chi connectivity index (χ2n) is 8.09. The van der Waals surface area contributed by atoms with E-state index in [1.165, 1.54) is 10.5 Å². The van der Waals surface area contributed by atoms with Gasteiger partial charge in [0.1, 0.15) is 5.70 Å². The van der Waals surface area contributed by atoms with Gasteiger partial charge in [-0.05, 0) is 42.3 Å². The zero-order valence-corrected chi connectivity index (χ0v) is 19.7. The van der Waals surface area contributed by atoms with Gasteiger partial charge in [-0.25, -0.2) is 4.79 Å². The Morgan fingerprint density at radius 1 is 0.848 bits per heavy atom. The number of nitrogens with one attached hydrogen (secondary N) is 1. The summed E-state index contributed by atoms with van der Waals surface area (Å²) in [5.74, 6) is -0.312. The van der Waals surface area contributed by atoms with E-state index in [9.17, 15) is 9.59 Å². The smallest absolute Gasteiger partial charge is 0.329 e. The molecule has 0 spiro atoms. The van der Waals surface area contributed by atoms with E-state index in [0.717, 1.165) is 32.2 Å². The van der Waals surface area contributed by atoms with E-state index in [0.29, 0.717) is 12.2 Å². The summed E-state index contributed by atoms with van der Waals surface area (Å²) in [4.78, 5) is 26.9. The molecule has 0 atom stereocenters. The van der Waals surface area contributed by atoms with Crippen LogP contribution in [0.2, 0.25) is 0 Å². The number of fused-ring (bicyclic) bond motifs is 1. The minimum atomic E-state index is -0.397. The first-order chi connectivity index (χ1) is 16.0. The van der Waals surface area contributed by atoms with E-state index in [4.69, 9.17) is 0 Å². The van der Waals surface area contributed by atoms with Crippen LogP contribution in [-0.2, 0) is 17.9 Å². The molecule has 164 valence electrons. The first-order valence-electron chi connectivity index (χ1n) is 10.7. The molecule has 0 radical (unpaired) electrons. The van der Waals surface area contributed by atoms with E-state index in [1.807, 2.05) is 61.5 Å². The van der Waals surface area contributed by atoms with Gasteiger partial charge in [0, 0.05) is 33.2 Å². The highest BCUT2D eigenvalue weighted by Crippen LogP contribution is 2.30. The fraction of sp³-hybridized carbons (Fsp3) is 0.111. The summed E-state index contributed by atoms with van der Waals surface area (Å²) in [6, 6.07) is 25.5. The molecule has 33 heavy (non-hydrogen) atoms. The first-order valence-corrected chi connectivity index (χ1v) is 11.5. The summed E-state index contributed by atoms with van der Waals surface area (Å²) < 4.78 is 3.29. The van der Waals surface area contributed by atoms with Crippen molar-refractivity contribution in [3.8, 4) is 0 Å². The highest BCUT2D eigenvalue weighted by molar-refractivity contribution is 9.10. The predicted octanol–water partition coefficient (Wildman–Crippen LogP) is 5.85. The van der Waals surface area contributed by atoms with Crippen LogP contribution in [-0.4, -0.2) is 21.4 Å². The number of nitrogens with zero attached hydrogens (tertiary/aromatic N) is 2. The lowest BCUT2D eigenvalue weighted by molar-refractivity contribution is -0.123. The molecule has 1 N–H and O–H groups in total. The monoisotopic (exact) mass is 499 g/mol. The van der Waals surface area contributed by atoms with Crippen molar-refractivity contribution >= 4 is 44.8 Å². The van der Waals surface area contributed by atoms with Crippen molar-refractivity contribution in [3.63, 3.8) is 0 Å². The van der Waals surface area contributed by atoms with Gasteiger partial charge in [0.2, 0.25) is 0 Å². The summed E-state index contributed by atoms with van der Waals surface area (Å²) in [5.41, 5.74) is 5.45. The molecule has 6 heteroatoms. The largest absolute Gasteiger partial charge is 0.340 e. The molecule has 1 aromatic heterocycles. The number of aromatic nitrogens is 1. The molecule has 3 amide bonds. The van der Waals surface area contributed by atoms with E-state index < -0.39 is 6.03 Å². The minimum absolute atomic E-state index is 0.243. The Kier molecular flexibility index (Phi) is 5.60. The molecule has 0 saturated carbocycles. The Bertz CT molecular complexity index is 1390. The van der Waals surface area contributed by atoms with E-state index in [-0.39, 0.29) is 12.5 Å². The highest BCUT2D eigenvalue weighted by atomic mass is 79.9. The number of imide groups is 1. The van der Waals surface area contributed by atoms with Crippen LogP contribution in [0, 0.1) is 6.92 Å². The van der Waals surface area contributed by atoms with E-state index in [1.54, 1.807) is 6.08 Å². The van der Waals surface area contributed by atoms with Gasteiger partial charge >= 0.3 is 6.03 Å². The molecule has 0 unspecified atom stereocenters. The summed E-state index contributed by atoms with van der Waals surface area (Å²) in [6.45, 7) is 3.00. The second kappa shape index (κ2) is 8.71. The SMILES string of the molecule is Cc1c(/C=C2/NC(=O)N(Cc3ccccc3)C2=O)c2ccccc2n1Cc1ccc(Br)cc1. The standard InChI is InChI=1S/C27H22BrN3O2/c1-18-23(15-24-26(32)31(27(33)29-24)17-19-7-3-2-4-8-19)22-9-5-6-10-25(22)30(18)16-20-11-13-21(28)14-12-20/h2-15H,16-17H2,1H3,(H,29,33)/b24-15+. The quantitative estimate of drug-likeness (QED) is 0.276. The van der Waals surface area contributed by atoms with E-state index >= 15 is 0 Å². The Labute approximate surface area is 200 Å². The number of hydrogen-bond acceptors (Lipinski definition) is 2. The van der Waals surface area contributed by atoms with Crippen LogP contribution in [0.1, 0.15) is 22.4 Å². The number of carbonyl (C=O) groups excluding carboxylic acids is 2. The van der Waals surface area contributed by atoms with Crippen molar-refractivity contribution < 1.29 is 9.59 Å². The summed E-state index contributed by atoms with van der Waals surface area (Å²) in [5, 5.41) is 3.81. The maximum Gasteiger partial charge on any atom is 0.329 e. The molecule has 1 saturated heterocycles. The Morgan fingerprint density at radius 3 is 2.27 bits per heavy atom. The number of carbonyl (C=O) groups is 2. The summed E-state index contributed by atoms with van der Waals surface area (Å²) in [6.07, 6.45) is 1.81. The minimum Gasteiger partial charge on any atom is -0.340 e. The average molecular weight is 500 g/mol. The van der Waals surface area contributed by atoms with E-state index in [2.05, 4.69) is 50.1 Å². The predicted molar refractivity (Wildman–Crippen MR) is 133 cm³/mol. The van der Waals surface area contributed by atoms with Gasteiger partial charge in [-0.1, -0.05) is 76.6 Å². The van der Waals surface area contributed by atoms with Crippen molar-refractivity contribution in [1.29, 1.82) is 0 Å². The van der Waals surface area contributed by atoms with Crippen molar-refractivity contribution in [2.45, 2.75) is 20.0 Å². The van der Waals surface area contributed by atoms with Crippen LogP contribution in [0.3, 0.4) is 0 Å². The maximum absolute atomic E-state index is 13.1. The number of urea groups is 1. The third kappa shape index (κ3) is 4.10. The topological polar surface area (TPSA) is 54.3 Å². The lowest BCUT2D eigenvalue weighted by Crippen LogP contribution is -2.30.